The van der Waals surface area contributed by atoms with Crippen LogP contribution in [0.15, 0.2) is 18.7 Å². The van der Waals surface area contributed by atoms with E-state index in [1.54, 1.807) is 18.7 Å². The Bertz CT molecular complexity index is 269. The van der Waals surface area contributed by atoms with Gasteiger partial charge in [0.15, 0.2) is 0 Å². The second kappa shape index (κ2) is 4.76. The number of imidazole rings is 1. The van der Waals surface area contributed by atoms with Crippen LogP contribution in [0.1, 0.15) is 6.42 Å². The summed E-state index contributed by atoms with van der Waals surface area (Å²) < 4.78 is 0. The van der Waals surface area contributed by atoms with E-state index in [2.05, 4.69) is 31.2 Å². The maximum absolute atomic E-state index is 10.4. The fourth-order valence-corrected chi connectivity index (χ4v) is 1.15. The SMILES string of the molecule is O=C1CC(Br)C(=O)N1.c1c[nH]cn1. The van der Waals surface area contributed by atoms with Crippen molar-refractivity contribution in [3.05, 3.63) is 18.7 Å². The number of halogens is 1. The number of carbonyl (C=O) groups excluding carboxylic acids is 2. The van der Waals surface area contributed by atoms with Crippen molar-refractivity contribution in [3.63, 3.8) is 0 Å². The highest BCUT2D eigenvalue weighted by Gasteiger charge is 2.27. The van der Waals surface area contributed by atoms with E-state index in [4.69, 9.17) is 0 Å². The molecule has 1 aliphatic rings. The highest BCUT2D eigenvalue weighted by Crippen LogP contribution is 2.10. The van der Waals surface area contributed by atoms with Crippen molar-refractivity contribution in [1.82, 2.24) is 15.3 Å². The number of alkyl halides is 1. The maximum atomic E-state index is 10.4. The molecule has 13 heavy (non-hydrogen) atoms. The molecule has 5 nitrogen and oxygen atoms in total. The van der Waals surface area contributed by atoms with Gasteiger partial charge in [0.1, 0.15) is 4.83 Å². The third-order valence-corrected chi connectivity index (χ3v) is 2.06. The van der Waals surface area contributed by atoms with Crippen molar-refractivity contribution in [2.45, 2.75) is 11.2 Å². The van der Waals surface area contributed by atoms with Gasteiger partial charge in [-0.3, -0.25) is 14.9 Å². The molecule has 0 aromatic carbocycles. The van der Waals surface area contributed by atoms with E-state index in [9.17, 15) is 9.59 Å². The van der Waals surface area contributed by atoms with Gasteiger partial charge in [0.25, 0.3) is 0 Å². The van der Waals surface area contributed by atoms with Crippen molar-refractivity contribution in [2.75, 3.05) is 0 Å². The minimum Gasteiger partial charge on any atom is -0.351 e. The lowest BCUT2D eigenvalue weighted by Gasteiger charge is -1.86. The zero-order chi connectivity index (χ0) is 9.68. The number of carbonyl (C=O) groups is 2. The van der Waals surface area contributed by atoms with Crippen molar-refractivity contribution < 1.29 is 9.59 Å². The molecule has 1 unspecified atom stereocenters. The predicted molar refractivity (Wildman–Crippen MR) is 49.1 cm³/mol. The van der Waals surface area contributed by atoms with Crippen LogP contribution in [-0.2, 0) is 9.59 Å². The first-order valence-electron chi connectivity index (χ1n) is 3.60. The molecule has 6 heteroatoms. The smallest absolute Gasteiger partial charge is 0.240 e. The molecule has 0 bridgehead atoms. The highest BCUT2D eigenvalue weighted by atomic mass is 79.9. The van der Waals surface area contributed by atoms with E-state index >= 15 is 0 Å². The van der Waals surface area contributed by atoms with Gasteiger partial charge in [-0.2, -0.15) is 0 Å². The number of rotatable bonds is 0. The fraction of sp³-hybridized carbons (Fsp3) is 0.286. The highest BCUT2D eigenvalue weighted by molar-refractivity contribution is 9.10. The molecule has 1 atom stereocenters. The van der Waals surface area contributed by atoms with Crippen LogP contribution < -0.4 is 5.32 Å². The van der Waals surface area contributed by atoms with Gasteiger partial charge in [-0.1, -0.05) is 15.9 Å². The van der Waals surface area contributed by atoms with E-state index in [1.165, 1.54) is 0 Å². The first kappa shape index (κ1) is 9.91. The Kier molecular flexibility index (Phi) is 3.63. The molecule has 1 fully saturated rings. The summed E-state index contributed by atoms with van der Waals surface area (Å²) in [5.41, 5.74) is 0. The fourth-order valence-electron chi connectivity index (χ4n) is 0.737. The normalized spacial score (nSPS) is 20.5. The summed E-state index contributed by atoms with van der Waals surface area (Å²) in [5, 5.41) is 2.14. The van der Waals surface area contributed by atoms with Crippen molar-refractivity contribution in [2.24, 2.45) is 0 Å². The summed E-state index contributed by atoms with van der Waals surface area (Å²) in [6.07, 6.45) is 5.36. The Morgan fingerprint density at radius 1 is 1.54 bits per heavy atom. The Morgan fingerprint density at radius 3 is 2.46 bits per heavy atom. The standard InChI is InChI=1S/C4H4BrNO2.C3H4N2/c5-2-1-3(7)6-4(2)8;1-2-5-3-4-1/h2H,1H2,(H,6,7,8);1-3H,(H,4,5). The molecule has 2 rings (SSSR count). The van der Waals surface area contributed by atoms with E-state index < -0.39 is 0 Å². The molecule has 2 heterocycles. The maximum Gasteiger partial charge on any atom is 0.240 e. The Hall–Kier alpha value is -1.17. The van der Waals surface area contributed by atoms with Gasteiger partial charge in [0.2, 0.25) is 11.8 Å². The molecule has 0 aliphatic carbocycles. The second-order valence-corrected chi connectivity index (χ2v) is 3.45. The lowest BCUT2D eigenvalue weighted by atomic mass is 10.4. The third kappa shape index (κ3) is 3.37. The average Bonchev–Trinajstić information content (AvgIpc) is 2.66. The second-order valence-electron chi connectivity index (χ2n) is 2.34. The van der Waals surface area contributed by atoms with Crippen LogP contribution in [0.5, 0.6) is 0 Å². The molecular formula is C7H8BrN3O2. The van der Waals surface area contributed by atoms with Crippen LogP contribution in [0.3, 0.4) is 0 Å². The Morgan fingerprint density at radius 2 is 2.31 bits per heavy atom. The number of nitrogens with one attached hydrogen (secondary N) is 2. The predicted octanol–water partition coefficient (Wildman–Crippen LogP) is 0.206. The largest absolute Gasteiger partial charge is 0.351 e. The summed E-state index contributed by atoms with van der Waals surface area (Å²) in [7, 11) is 0. The molecule has 1 aromatic rings. The monoisotopic (exact) mass is 245 g/mol. The van der Waals surface area contributed by atoms with Crippen LogP contribution in [0.25, 0.3) is 0 Å². The third-order valence-electron chi connectivity index (χ3n) is 1.32. The van der Waals surface area contributed by atoms with Crippen LogP contribution in [0, 0.1) is 0 Å². The van der Waals surface area contributed by atoms with Gasteiger partial charge in [-0.15, -0.1) is 0 Å². The van der Waals surface area contributed by atoms with Gasteiger partial charge in [-0.25, -0.2) is 4.98 Å². The van der Waals surface area contributed by atoms with Gasteiger partial charge < -0.3 is 4.98 Å². The number of aromatic amines is 1. The average molecular weight is 246 g/mol. The molecule has 0 spiro atoms. The number of hydrogen-bond acceptors (Lipinski definition) is 3. The molecule has 0 saturated carbocycles. The van der Waals surface area contributed by atoms with Gasteiger partial charge >= 0.3 is 0 Å². The lowest BCUT2D eigenvalue weighted by molar-refractivity contribution is -0.124. The summed E-state index contributed by atoms with van der Waals surface area (Å²) >= 11 is 3.01. The summed E-state index contributed by atoms with van der Waals surface area (Å²) in [6, 6.07) is 0. The van der Waals surface area contributed by atoms with Crippen molar-refractivity contribution in [3.8, 4) is 0 Å². The van der Waals surface area contributed by atoms with Crippen LogP contribution in [0.2, 0.25) is 0 Å². The molecule has 2 amide bonds. The number of H-pyrrole nitrogens is 1. The molecule has 0 radical (unpaired) electrons. The van der Waals surface area contributed by atoms with E-state index in [1.807, 2.05) is 0 Å². The number of nitrogens with zero attached hydrogens (tertiary/aromatic N) is 1. The van der Waals surface area contributed by atoms with Crippen molar-refractivity contribution in [1.29, 1.82) is 0 Å². The molecular weight excluding hydrogens is 238 g/mol. The zero-order valence-electron chi connectivity index (χ0n) is 6.66. The molecule has 2 N–H and O–H groups in total. The van der Waals surface area contributed by atoms with E-state index in [0.29, 0.717) is 0 Å². The van der Waals surface area contributed by atoms with Crippen LogP contribution in [0.4, 0.5) is 0 Å². The van der Waals surface area contributed by atoms with Gasteiger partial charge in [0, 0.05) is 18.8 Å². The minimum absolute atomic E-state index is 0.197. The number of aromatic nitrogens is 2. The number of imide groups is 1. The van der Waals surface area contributed by atoms with Crippen molar-refractivity contribution >= 4 is 27.7 Å². The Balaban J connectivity index is 0.000000145. The van der Waals surface area contributed by atoms with E-state index in [0.717, 1.165) is 0 Å². The quantitative estimate of drug-likeness (QED) is 0.507. The number of amides is 2. The van der Waals surface area contributed by atoms with Crippen LogP contribution >= 0.6 is 15.9 Å². The molecule has 1 aliphatic heterocycles. The summed E-state index contributed by atoms with van der Waals surface area (Å²) in [4.78, 5) is 26.8. The minimum atomic E-state index is -0.296. The first-order chi connectivity index (χ1) is 6.20. The molecule has 70 valence electrons. The Labute approximate surface area is 83.1 Å². The molecule has 1 saturated heterocycles. The first-order valence-corrected chi connectivity index (χ1v) is 4.52. The van der Waals surface area contributed by atoms with Gasteiger partial charge in [-0.05, 0) is 0 Å². The van der Waals surface area contributed by atoms with E-state index in [-0.39, 0.29) is 23.1 Å². The summed E-state index contributed by atoms with van der Waals surface area (Å²) in [6.45, 7) is 0. The summed E-state index contributed by atoms with van der Waals surface area (Å²) in [5.74, 6) is -0.424. The topological polar surface area (TPSA) is 74.8 Å². The molecule has 1 aromatic heterocycles. The van der Waals surface area contributed by atoms with Crippen LogP contribution in [-0.4, -0.2) is 26.6 Å². The lowest BCUT2D eigenvalue weighted by Crippen LogP contribution is -2.21. The zero-order valence-corrected chi connectivity index (χ0v) is 8.24. The number of hydrogen-bond donors (Lipinski definition) is 2. The van der Waals surface area contributed by atoms with Gasteiger partial charge in [0.05, 0.1) is 6.33 Å².